The highest BCUT2D eigenvalue weighted by atomic mass is 16.6. The predicted octanol–water partition coefficient (Wildman–Crippen LogP) is 0.542. The highest BCUT2D eigenvalue weighted by Gasteiger charge is 2.45. The molecule has 24 heavy (non-hydrogen) atoms. The van der Waals surface area contributed by atoms with Gasteiger partial charge in [-0.05, 0) is 12.8 Å². The molecule has 3 atom stereocenters. The van der Waals surface area contributed by atoms with Crippen molar-refractivity contribution in [3.63, 3.8) is 0 Å². The van der Waals surface area contributed by atoms with E-state index in [-0.39, 0.29) is 30.7 Å². The molecular weight excluding hydrogens is 316 g/mol. The maximum atomic E-state index is 11.7. The van der Waals surface area contributed by atoms with Gasteiger partial charge in [0.05, 0.1) is 12.2 Å². The van der Waals surface area contributed by atoms with Crippen LogP contribution in [-0.4, -0.2) is 48.5 Å². The standard InChI is InChI=1S/C15H20N4O5/c20-9-3-4-16-13(7-9)19-14(21)17-5-6-18-15(22)23-10-1-2-11-12(8-10)24-11/h3-4,7,10-12H,1-2,5-6,8H2,(H,18,22)(H3,16,17,19,20,21). The highest BCUT2D eigenvalue weighted by molar-refractivity contribution is 5.88. The number of alkyl carbamates (subject to hydrolysis) is 1. The highest BCUT2D eigenvalue weighted by Crippen LogP contribution is 2.37. The summed E-state index contributed by atoms with van der Waals surface area (Å²) in [5.74, 6) is 0.297. The van der Waals surface area contributed by atoms with Crippen LogP contribution < -0.4 is 21.4 Å². The summed E-state index contributed by atoms with van der Waals surface area (Å²) in [4.78, 5) is 37.1. The first-order valence-corrected chi connectivity index (χ1v) is 7.94. The molecule has 0 aromatic carbocycles. The van der Waals surface area contributed by atoms with Crippen molar-refractivity contribution in [3.05, 3.63) is 28.6 Å². The van der Waals surface area contributed by atoms with Crippen molar-refractivity contribution in [1.29, 1.82) is 0 Å². The number of hydrogen-bond acceptors (Lipinski definition) is 5. The van der Waals surface area contributed by atoms with E-state index in [0.717, 1.165) is 19.3 Å². The minimum absolute atomic E-state index is 0.0973. The monoisotopic (exact) mass is 336 g/mol. The number of urea groups is 1. The SMILES string of the molecule is O=C(NCCNC(=O)OC1CCC2OC2C1)Nc1cc(=O)cc[nH]1. The van der Waals surface area contributed by atoms with Crippen LogP contribution in [0.2, 0.25) is 0 Å². The average molecular weight is 336 g/mol. The summed E-state index contributed by atoms with van der Waals surface area (Å²) in [7, 11) is 0. The van der Waals surface area contributed by atoms with Crippen LogP contribution in [0.1, 0.15) is 19.3 Å². The largest absolute Gasteiger partial charge is 0.446 e. The molecule has 0 spiro atoms. The molecule has 3 unspecified atom stereocenters. The Kier molecular flexibility index (Phi) is 4.99. The number of fused-ring (bicyclic) bond motifs is 1. The lowest BCUT2D eigenvalue weighted by molar-refractivity contribution is 0.0799. The topological polar surface area (TPSA) is 125 Å². The van der Waals surface area contributed by atoms with Gasteiger partial charge >= 0.3 is 12.1 Å². The van der Waals surface area contributed by atoms with Crippen molar-refractivity contribution in [2.75, 3.05) is 18.4 Å². The lowest BCUT2D eigenvalue weighted by Crippen LogP contribution is -2.38. The number of pyridine rings is 1. The van der Waals surface area contributed by atoms with Gasteiger partial charge in [-0.3, -0.25) is 10.1 Å². The average Bonchev–Trinajstić information content (AvgIpc) is 3.30. The van der Waals surface area contributed by atoms with E-state index in [1.54, 1.807) is 0 Å². The molecule has 1 aromatic rings. The zero-order valence-electron chi connectivity index (χ0n) is 13.0. The number of amides is 3. The number of ether oxygens (including phenoxy) is 2. The molecule has 1 aliphatic heterocycles. The van der Waals surface area contributed by atoms with E-state index in [1.165, 1.54) is 18.3 Å². The Morgan fingerprint density at radius 1 is 1.25 bits per heavy atom. The van der Waals surface area contributed by atoms with Gasteiger partial charge in [0, 0.05) is 37.8 Å². The van der Waals surface area contributed by atoms with Crippen molar-refractivity contribution in [2.45, 2.75) is 37.6 Å². The molecule has 0 bridgehead atoms. The Balaban J connectivity index is 1.28. The number of rotatable bonds is 5. The fourth-order valence-electron chi connectivity index (χ4n) is 2.69. The van der Waals surface area contributed by atoms with Crippen molar-refractivity contribution < 1.29 is 19.1 Å². The molecule has 1 saturated carbocycles. The van der Waals surface area contributed by atoms with Gasteiger partial charge in [0.25, 0.3) is 0 Å². The summed E-state index contributed by atoms with van der Waals surface area (Å²) in [5, 5.41) is 7.63. The number of epoxide rings is 1. The molecule has 0 radical (unpaired) electrons. The summed E-state index contributed by atoms with van der Waals surface area (Å²) >= 11 is 0. The second-order valence-electron chi connectivity index (χ2n) is 5.80. The van der Waals surface area contributed by atoms with Gasteiger partial charge in [0.1, 0.15) is 11.9 Å². The minimum atomic E-state index is -0.492. The third-order valence-corrected chi connectivity index (χ3v) is 3.93. The summed E-state index contributed by atoms with van der Waals surface area (Å²) in [6, 6.07) is 2.14. The molecule has 2 fully saturated rings. The first kappa shape index (κ1) is 16.3. The van der Waals surface area contributed by atoms with E-state index in [1.807, 2.05) is 0 Å². The molecule has 1 aromatic heterocycles. The molecule has 9 nitrogen and oxygen atoms in total. The van der Waals surface area contributed by atoms with E-state index in [0.29, 0.717) is 11.9 Å². The van der Waals surface area contributed by atoms with Crippen molar-refractivity contribution in [1.82, 2.24) is 15.6 Å². The van der Waals surface area contributed by atoms with Gasteiger partial charge in [-0.1, -0.05) is 0 Å². The number of carbonyl (C=O) groups excluding carboxylic acids is 2. The van der Waals surface area contributed by atoms with Gasteiger partial charge in [-0.2, -0.15) is 0 Å². The zero-order chi connectivity index (χ0) is 16.9. The number of anilines is 1. The molecule has 9 heteroatoms. The number of aromatic amines is 1. The molecule has 130 valence electrons. The van der Waals surface area contributed by atoms with Crippen molar-refractivity contribution in [2.24, 2.45) is 0 Å². The number of nitrogens with one attached hydrogen (secondary N) is 4. The predicted molar refractivity (Wildman–Crippen MR) is 84.9 cm³/mol. The van der Waals surface area contributed by atoms with Gasteiger partial charge in [-0.25, -0.2) is 9.59 Å². The molecule has 3 rings (SSSR count). The number of H-pyrrole nitrogens is 1. The maximum absolute atomic E-state index is 11.7. The van der Waals surface area contributed by atoms with Crippen molar-refractivity contribution in [3.8, 4) is 0 Å². The zero-order valence-corrected chi connectivity index (χ0v) is 13.0. The van der Waals surface area contributed by atoms with E-state index in [9.17, 15) is 14.4 Å². The molecular formula is C15H20N4O5. The maximum Gasteiger partial charge on any atom is 0.407 e. The van der Waals surface area contributed by atoms with Gasteiger partial charge in [0.15, 0.2) is 5.43 Å². The van der Waals surface area contributed by atoms with E-state index in [4.69, 9.17) is 9.47 Å². The van der Waals surface area contributed by atoms with Crippen molar-refractivity contribution >= 4 is 17.9 Å². The molecule has 1 aliphatic carbocycles. The first-order valence-electron chi connectivity index (χ1n) is 7.94. The van der Waals surface area contributed by atoms with Crippen LogP contribution in [0.5, 0.6) is 0 Å². The third-order valence-electron chi connectivity index (χ3n) is 3.93. The lowest BCUT2D eigenvalue weighted by atomic mass is 9.98. The van der Waals surface area contributed by atoms with Gasteiger partial charge in [0.2, 0.25) is 0 Å². The normalized spacial score (nSPS) is 24.4. The fourth-order valence-corrected chi connectivity index (χ4v) is 2.69. The Bertz CT molecular complexity index is 661. The minimum Gasteiger partial charge on any atom is -0.446 e. The van der Waals surface area contributed by atoms with E-state index in [2.05, 4.69) is 20.9 Å². The molecule has 2 heterocycles. The summed E-state index contributed by atoms with van der Waals surface area (Å²) in [5.41, 5.74) is -0.209. The summed E-state index contributed by atoms with van der Waals surface area (Å²) in [6.07, 6.45) is 4.00. The molecule has 3 amide bonds. The molecule has 2 aliphatic rings. The van der Waals surface area contributed by atoms with Crippen LogP contribution >= 0.6 is 0 Å². The van der Waals surface area contributed by atoms with Gasteiger partial charge < -0.3 is 25.1 Å². The van der Waals surface area contributed by atoms with Gasteiger partial charge in [-0.15, -0.1) is 0 Å². The quantitative estimate of drug-likeness (QED) is 0.461. The second-order valence-corrected chi connectivity index (χ2v) is 5.80. The van der Waals surface area contributed by atoms with Crippen LogP contribution in [-0.2, 0) is 9.47 Å². The van der Waals surface area contributed by atoms with Crippen LogP contribution in [0.25, 0.3) is 0 Å². The lowest BCUT2D eigenvalue weighted by Gasteiger charge is -2.19. The smallest absolute Gasteiger partial charge is 0.407 e. The van der Waals surface area contributed by atoms with E-state index < -0.39 is 12.1 Å². The summed E-state index contributed by atoms with van der Waals surface area (Å²) in [6.45, 7) is 0.476. The third kappa shape index (κ3) is 4.72. The first-order chi connectivity index (χ1) is 11.6. The molecule has 1 saturated heterocycles. The Morgan fingerprint density at radius 2 is 2.08 bits per heavy atom. The summed E-state index contributed by atoms with van der Waals surface area (Å²) < 4.78 is 10.7. The Morgan fingerprint density at radius 3 is 2.88 bits per heavy atom. The Hall–Kier alpha value is -2.55. The van der Waals surface area contributed by atoms with Crippen LogP contribution in [0.15, 0.2) is 23.1 Å². The van der Waals surface area contributed by atoms with Crippen LogP contribution in [0.3, 0.4) is 0 Å². The van der Waals surface area contributed by atoms with Crippen LogP contribution in [0.4, 0.5) is 15.4 Å². The van der Waals surface area contributed by atoms with Crippen LogP contribution in [0, 0.1) is 0 Å². The number of aromatic nitrogens is 1. The number of hydrogen-bond donors (Lipinski definition) is 4. The second kappa shape index (κ2) is 7.35. The Labute approximate surface area is 138 Å². The fraction of sp³-hybridized carbons (Fsp3) is 0.533. The number of carbonyl (C=O) groups is 2. The van der Waals surface area contributed by atoms with E-state index >= 15 is 0 Å². The molecule has 4 N–H and O–H groups in total.